The van der Waals surface area contributed by atoms with Gasteiger partial charge in [-0.2, -0.15) is 13.2 Å². The number of carbonyl (C=O) groups excluding carboxylic acids is 1. The lowest BCUT2D eigenvalue weighted by molar-refractivity contribution is -0.137. The molecular formula is C21H20F3N5O3S. The molecule has 0 unspecified atom stereocenters. The predicted octanol–water partition coefficient (Wildman–Crippen LogP) is 3.12. The van der Waals surface area contributed by atoms with Crippen LogP contribution in [0.1, 0.15) is 12.5 Å². The number of fused-ring (bicyclic) bond motifs is 1. The van der Waals surface area contributed by atoms with Crippen LogP contribution in [0, 0.1) is 0 Å². The third-order valence-corrected chi connectivity index (χ3v) is 6.62. The summed E-state index contributed by atoms with van der Waals surface area (Å²) in [5, 5.41) is 0. The minimum Gasteiger partial charge on any atom is -0.350 e. The number of piperazine rings is 1. The van der Waals surface area contributed by atoms with Crippen molar-refractivity contribution in [1.82, 2.24) is 14.9 Å². The van der Waals surface area contributed by atoms with Crippen LogP contribution in [0.5, 0.6) is 0 Å². The molecule has 4 rings (SSSR count). The molecule has 174 valence electrons. The highest BCUT2D eigenvalue weighted by Gasteiger charge is 2.32. The van der Waals surface area contributed by atoms with Crippen LogP contribution in [0.15, 0.2) is 53.4 Å². The zero-order valence-corrected chi connectivity index (χ0v) is 18.3. The second-order valence-electron chi connectivity index (χ2n) is 7.51. The summed E-state index contributed by atoms with van der Waals surface area (Å²) in [6.07, 6.45) is -4.68. The van der Waals surface area contributed by atoms with Crippen LogP contribution >= 0.6 is 0 Å². The number of para-hydroxylation sites is 2. The fourth-order valence-electron chi connectivity index (χ4n) is 3.54. The Morgan fingerprint density at radius 1 is 0.970 bits per heavy atom. The van der Waals surface area contributed by atoms with E-state index in [1.807, 2.05) is 0 Å². The molecule has 0 radical (unpaired) electrons. The highest BCUT2D eigenvalue weighted by atomic mass is 32.2. The van der Waals surface area contributed by atoms with E-state index in [2.05, 4.69) is 14.7 Å². The number of nitrogens with zero attached hydrogens (tertiary/aromatic N) is 4. The van der Waals surface area contributed by atoms with Crippen LogP contribution < -0.4 is 9.62 Å². The van der Waals surface area contributed by atoms with E-state index in [1.165, 1.54) is 6.92 Å². The number of sulfonamides is 1. The first-order chi connectivity index (χ1) is 15.5. The molecule has 2 heterocycles. The molecule has 1 aliphatic rings. The van der Waals surface area contributed by atoms with Gasteiger partial charge >= 0.3 is 6.18 Å². The maximum absolute atomic E-state index is 13.1. The summed E-state index contributed by atoms with van der Waals surface area (Å²) in [6, 6.07) is 10.3. The number of amides is 1. The lowest BCUT2D eigenvalue weighted by atomic mass is 10.2. The fourth-order valence-corrected chi connectivity index (χ4v) is 4.59. The van der Waals surface area contributed by atoms with Gasteiger partial charge in [0.25, 0.3) is 10.0 Å². The zero-order valence-electron chi connectivity index (χ0n) is 17.5. The van der Waals surface area contributed by atoms with Crippen molar-refractivity contribution < 1.29 is 26.4 Å². The Bertz CT molecular complexity index is 1310. The number of nitrogens with one attached hydrogen (secondary N) is 1. The molecule has 1 amide bonds. The molecule has 1 saturated heterocycles. The molecule has 12 heteroatoms. The predicted molar refractivity (Wildman–Crippen MR) is 116 cm³/mol. The molecule has 3 aromatic rings. The van der Waals surface area contributed by atoms with Gasteiger partial charge in [0.1, 0.15) is 0 Å². The van der Waals surface area contributed by atoms with E-state index in [1.54, 1.807) is 34.1 Å². The molecule has 1 aromatic heterocycles. The number of rotatable bonds is 4. The van der Waals surface area contributed by atoms with Crippen molar-refractivity contribution in [3.05, 3.63) is 54.1 Å². The first-order valence-corrected chi connectivity index (χ1v) is 11.5. The average Bonchev–Trinajstić information content (AvgIpc) is 2.78. The minimum atomic E-state index is -4.68. The third kappa shape index (κ3) is 4.85. The van der Waals surface area contributed by atoms with E-state index in [0.29, 0.717) is 43.3 Å². The number of anilines is 2. The van der Waals surface area contributed by atoms with Crippen LogP contribution in [-0.4, -0.2) is 55.4 Å². The summed E-state index contributed by atoms with van der Waals surface area (Å²) in [4.78, 5) is 23.5. The van der Waals surface area contributed by atoms with E-state index in [9.17, 15) is 26.4 Å². The largest absolute Gasteiger partial charge is 0.416 e. The van der Waals surface area contributed by atoms with Gasteiger partial charge in [0.05, 0.1) is 21.5 Å². The van der Waals surface area contributed by atoms with Crippen molar-refractivity contribution in [3.63, 3.8) is 0 Å². The van der Waals surface area contributed by atoms with Gasteiger partial charge in [-0.3, -0.25) is 9.52 Å². The summed E-state index contributed by atoms with van der Waals surface area (Å²) < 4.78 is 67.5. The van der Waals surface area contributed by atoms with E-state index < -0.39 is 26.7 Å². The molecule has 0 bridgehead atoms. The van der Waals surface area contributed by atoms with Crippen LogP contribution in [0.25, 0.3) is 11.0 Å². The maximum Gasteiger partial charge on any atom is 0.416 e. The number of benzene rings is 2. The molecule has 0 atom stereocenters. The van der Waals surface area contributed by atoms with Crippen molar-refractivity contribution in [3.8, 4) is 0 Å². The van der Waals surface area contributed by atoms with E-state index >= 15 is 0 Å². The Morgan fingerprint density at radius 3 is 2.21 bits per heavy atom. The molecule has 0 aliphatic carbocycles. The SMILES string of the molecule is CC(=O)N1CCN(c2nc3ccccc3nc2NS(=O)(=O)c2cccc(C(F)(F)F)c2)CC1. The van der Waals surface area contributed by atoms with Gasteiger partial charge in [-0.1, -0.05) is 18.2 Å². The molecule has 0 saturated carbocycles. The van der Waals surface area contributed by atoms with E-state index in [0.717, 1.165) is 18.2 Å². The summed E-state index contributed by atoms with van der Waals surface area (Å²) in [5.74, 6) is 0.0829. The van der Waals surface area contributed by atoms with Crippen molar-refractivity contribution in [2.24, 2.45) is 0 Å². The lowest BCUT2D eigenvalue weighted by Crippen LogP contribution is -2.48. The Hall–Kier alpha value is -3.41. The Balaban J connectivity index is 1.72. The molecule has 0 spiro atoms. The number of aromatic nitrogens is 2. The van der Waals surface area contributed by atoms with Crippen molar-refractivity contribution >= 4 is 38.6 Å². The monoisotopic (exact) mass is 479 g/mol. The second-order valence-corrected chi connectivity index (χ2v) is 9.19. The summed E-state index contributed by atoms with van der Waals surface area (Å²) >= 11 is 0. The number of hydrogen-bond donors (Lipinski definition) is 1. The topological polar surface area (TPSA) is 95.5 Å². The van der Waals surface area contributed by atoms with Crippen molar-refractivity contribution in [1.29, 1.82) is 0 Å². The van der Waals surface area contributed by atoms with Gasteiger partial charge in [-0.05, 0) is 30.3 Å². The lowest BCUT2D eigenvalue weighted by Gasteiger charge is -2.35. The number of halogens is 3. The van der Waals surface area contributed by atoms with Crippen molar-refractivity contribution in [2.45, 2.75) is 18.0 Å². The van der Waals surface area contributed by atoms with Gasteiger partial charge in [0.15, 0.2) is 11.6 Å². The Labute approximate surface area is 188 Å². The average molecular weight is 479 g/mol. The molecule has 1 fully saturated rings. The van der Waals surface area contributed by atoms with Gasteiger partial charge < -0.3 is 9.80 Å². The zero-order chi connectivity index (χ0) is 23.8. The van der Waals surface area contributed by atoms with Gasteiger partial charge in [0, 0.05) is 33.1 Å². The van der Waals surface area contributed by atoms with E-state index in [-0.39, 0.29) is 17.5 Å². The van der Waals surface area contributed by atoms with E-state index in [4.69, 9.17) is 0 Å². The van der Waals surface area contributed by atoms with Gasteiger partial charge in [-0.25, -0.2) is 18.4 Å². The highest BCUT2D eigenvalue weighted by Crippen LogP contribution is 2.32. The van der Waals surface area contributed by atoms with Crippen LogP contribution in [0.4, 0.5) is 24.8 Å². The van der Waals surface area contributed by atoms with Crippen molar-refractivity contribution in [2.75, 3.05) is 35.8 Å². The molecular weight excluding hydrogens is 459 g/mol. The highest BCUT2D eigenvalue weighted by molar-refractivity contribution is 7.92. The molecule has 1 N–H and O–H groups in total. The quantitative estimate of drug-likeness (QED) is 0.618. The summed E-state index contributed by atoms with van der Waals surface area (Å²) in [7, 11) is -4.39. The van der Waals surface area contributed by atoms with Crippen LogP contribution in [0.3, 0.4) is 0 Å². The molecule has 8 nitrogen and oxygen atoms in total. The van der Waals surface area contributed by atoms with Crippen LogP contribution in [0.2, 0.25) is 0 Å². The number of hydrogen-bond acceptors (Lipinski definition) is 6. The first-order valence-electron chi connectivity index (χ1n) is 10.0. The molecule has 33 heavy (non-hydrogen) atoms. The summed E-state index contributed by atoms with van der Waals surface area (Å²) in [6.45, 7) is 3.10. The Kier molecular flexibility index (Phi) is 5.87. The second kappa shape index (κ2) is 8.50. The maximum atomic E-state index is 13.1. The molecule has 2 aromatic carbocycles. The summed E-state index contributed by atoms with van der Waals surface area (Å²) in [5.41, 5.74) is -0.121. The number of alkyl halides is 3. The van der Waals surface area contributed by atoms with Gasteiger partial charge in [0.2, 0.25) is 5.91 Å². The normalized spacial score (nSPS) is 15.0. The molecule has 1 aliphatic heterocycles. The Morgan fingerprint density at radius 2 is 1.61 bits per heavy atom. The third-order valence-electron chi connectivity index (χ3n) is 5.28. The first kappa shape index (κ1) is 22.8. The number of carbonyl (C=O) groups is 1. The fraction of sp³-hybridized carbons (Fsp3) is 0.286. The smallest absolute Gasteiger partial charge is 0.350 e. The standard InChI is InChI=1S/C21H20F3N5O3S/c1-14(30)28-9-11-29(12-10-28)20-19(25-17-7-2-3-8-18(17)26-20)27-33(31,32)16-6-4-5-15(13-16)21(22,23)24/h2-8,13H,9-12H2,1H3,(H,25,27). The van der Waals surface area contributed by atoms with Crippen LogP contribution in [-0.2, 0) is 21.0 Å². The van der Waals surface area contributed by atoms with Gasteiger partial charge in [-0.15, -0.1) is 0 Å². The minimum absolute atomic E-state index is 0.0651.